The maximum atomic E-state index is 13.3. The van der Waals surface area contributed by atoms with Crippen molar-refractivity contribution in [3.05, 3.63) is 330 Å². The lowest BCUT2D eigenvalue weighted by molar-refractivity contribution is 0.0836. The molecule has 5 aliphatic rings. The number of piperazine rings is 1. The molecule has 141 heavy (non-hydrogen) atoms. The number of benzene rings is 9. The topological polar surface area (TPSA) is 264 Å². The van der Waals surface area contributed by atoms with Gasteiger partial charge in [0.15, 0.2) is 0 Å². The van der Waals surface area contributed by atoms with Gasteiger partial charge < -0.3 is 76.8 Å². The van der Waals surface area contributed by atoms with Crippen LogP contribution in [0.2, 0.25) is 20.1 Å². The summed E-state index contributed by atoms with van der Waals surface area (Å²) in [6.45, 7) is 14.8. The number of halogens is 6. The minimum atomic E-state index is -0.715. The van der Waals surface area contributed by atoms with E-state index in [1.807, 2.05) is 179 Å². The van der Waals surface area contributed by atoms with Gasteiger partial charge in [0.2, 0.25) is 0 Å². The molecule has 9 aromatic carbocycles. The number of H-pyrrole nitrogens is 4. The lowest BCUT2D eigenvalue weighted by atomic mass is 9.92. The number of ether oxygens (including phenoxy) is 8. The van der Waals surface area contributed by atoms with Gasteiger partial charge in [0.25, 0.3) is 0 Å². The first-order valence-electron chi connectivity index (χ1n) is 47.7. The number of hydrogen-bond acceptors (Lipinski definition) is 17. The maximum Gasteiger partial charge on any atom is 0.416 e. The highest BCUT2D eigenvalue weighted by Gasteiger charge is 2.41. The van der Waals surface area contributed by atoms with E-state index in [1.165, 1.54) is 61.0 Å². The molecular formula is C108H115Cl4F2N15O12. The number of nitrogens with one attached hydrogen (secondary N) is 4. The molecule has 0 saturated carbocycles. The van der Waals surface area contributed by atoms with Crippen LogP contribution < -0.4 is 18.9 Å². The minimum absolute atomic E-state index is 0.225. The number of fused-ring (bicyclic) bond motifs is 12. The van der Waals surface area contributed by atoms with Crippen molar-refractivity contribution in [2.75, 3.05) is 140 Å². The second kappa shape index (κ2) is 47.0. The monoisotopic (exact) mass is 1990 g/mol. The predicted octanol–water partition coefficient (Wildman–Crippen LogP) is 21.9. The molecule has 4 atom stereocenters. The first-order valence-corrected chi connectivity index (χ1v) is 49.2. The third-order valence-electron chi connectivity index (χ3n) is 26.2. The van der Waals surface area contributed by atoms with E-state index < -0.39 is 36.8 Å². The third kappa shape index (κ3) is 24.1. The summed E-state index contributed by atoms with van der Waals surface area (Å²) < 4.78 is 73.9. The lowest BCUT2D eigenvalue weighted by Gasteiger charge is -2.36. The van der Waals surface area contributed by atoms with Gasteiger partial charge in [0.1, 0.15) is 72.9 Å². The number of carbonyl (C=O) groups excluding carboxylic acids is 4. The average molecular weight is 2000 g/mol. The van der Waals surface area contributed by atoms with Crippen molar-refractivity contribution in [2.45, 2.75) is 95.7 Å². The Morgan fingerprint density at radius 3 is 1.21 bits per heavy atom. The number of aryl methyl sites for hydroxylation is 2. The normalized spacial score (nSPS) is 16.2. The van der Waals surface area contributed by atoms with Crippen molar-refractivity contribution in [1.82, 2.24) is 73.3 Å². The quantitative estimate of drug-likeness (QED) is 0.0262. The molecule has 11 heterocycles. The van der Waals surface area contributed by atoms with Gasteiger partial charge in [-0.3, -0.25) is 24.5 Å². The predicted molar refractivity (Wildman–Crippen MR) is 544 cm³/mol. The standard InChI is InChI=1S/C30H40ClN5O2.C27H24ClFN2O4.C26H26ClFN4O3.C25H25ClN4O3/c1-4-38-30(37)36-14-11-25-26-20-24(31)9-10-27(26)32-28(25)29(36)23-8-5-7-22(19-23)21-35-17-15-34(16-18-35)13-6-12-33(2)3;1-33-14-15-34-20-7-2-17(3-8-20)26-25-22(23-16-18(28)4-11-24(23)30-25)12-13-31(26)27(32)35-21-9-5-19(29)6-10-21;27-19-4-7-23-22(16-19)21-8-12-32(26(33)35-15-9-28)25(24(21)30-23)18-2-5-20(6-3-18)34-14-1-11-31-13-10-29-17-31;1-32-25(31)30-12-9-20-21-15-18(26)5-8-22(21)28-23(20)24(30)17-3-6-19(7-4-17)33-14-2-11-29-13-10-27-16-29/h5,7-10,19-20,29,32H,4,6,11-18,21H2,1-3H3;2-11,16,26,30H,12-15H2,1H3;2-7,10,13,16-17,25,30H,1,8-9,11-12,14-15H2;3-8,10,13,15-16,24,28H,2,9,11-12,14H2,1H3. The fraction of sp³-hybridized carbons (Fsp3) is 0.333. The Balaban J connectivity index is 0.000000130. The highest BCUT2D eigenvalue weighted by molar-refractivity contribution is 6.32. The van der Waals surface area contributed by atoms with Crippen LogP contribution in [-0.4, -0.2) is 238 Å². The van der Waals surface area contributed by atoms with Gasteiger partial charge in [-0.15, -0.1) is 0 Å². The van der Waals surface area contributed by atoms with Crippen LogP contribution in [0, 0.1) is 5.82 Å². The van der Waals surface area contributed by atoms with E-state index in [-0.39, 0.29) is 36.6 Å². The number of nitrogens with zero attached hydrogens (tertiary/aromatic N) is 11. The summed E-state index contributed by atoms with van der Waals surface area (Å²) in [5, 5.41) is 7.08. The molecule has 1 saturated heterocycles. The van der Waals surface area contributed by atoms with Gasteiger partial charge in [-0.05, 0) is 263 Å². The molecule has 0 bridgehead atoms. The summed E-state index contributed by atoms with van der Waals surface area (Å²) in [5.74, 6) is 2.16. The van der Waals surface area contributed by atoms with Crippen molar-refractivity contribution in [3.63, 3.8) is 0 Å². The van der Waals surface area contributed by atoms with Gasteiger partial charge in [-0.1, -0.05) is 107 Å². The first kappa shape index (κ1) is 99.5. The number of hydrogen-bond donors (Lipinski definition) is 4. The largest absolute Gasteiger partial charge is 0.494 e. The van der Waals surface area contributed by atoms with Crippen molar-refractivity contribution in [2.24, 2.45) is 0 Å². The first-order chi connectivity index (χ1) is 68.7. The Morgan fingerprint density at radius 1 is 0.418 bits per heavy atom. The number of aromatic nitrogens is 8. The fourth-order valence-electron chi connectivity index (χ4n) is 19.5. The number of aromatic amines is 4. The molecule has 27 nitrogen and oxygen atoms in total. The van der Waals surface area contributed by atoms with E-state index in [0.29, 0.717) is 92.9 Å². The minimum Gasteiger partial charge on any atom is -0.494 e. The Bertz CT molecular complexity index is 6740. The number of carbonyl (C=O) groups is 4. The molecule has 0 radical (unpaired) electrons. The van der Waals surface area contributed by atoms with E-state index in [4.69, 9.17) is 84.3 Å². The Labute approximate surface area is 837 Å². The van der Waals surface area contributed by atoms with Crippen molar-refractivity contribution in [1.29, 1.82) is 0 Å². The van der Waals surface area contributed by atoms with E-state index in [2.05, 4.69) is 83.0 Å². The molecule has 33 heteroatoms. The van der Waals surface area contributed by atoms with Gasteiger partial charge in [0, 0.05) is 190 Å². The zero-order valence-electron chi connectivity index (χ0n) is 79.4. The van der Waals surface area contributed by atoms with Crippen molar-refractivity contribution in [3.8, 4) is 23.0 Å². The van der Waals surface area contributed by atoms with Crippen LogP contribution >= 0.6 is 46.4 Å². The Morgan fingerprint density at radius 2 is 0.816 bits per heavy atom. The molecule has 736 valence electrons. The smallest absolute Gasteiger partial charge is 0.416 e. The van der Waals surface area contributed by atoms with Crippen LogP contribution in [0.3, 0.4) is 0 Å². The summed E-state index contributed by atoms with van der Waals surface area (Å²) in [5.41, 5.74) is 17.7. The van der Waals surface area contributed by atoms with Crippen LogP contribution in [0.15, 0.2) is 232 Å². The highest BCUT2D eigenvalue weighted by atomic mass is 35.5. The third-order valence-corrected chi connectivity index (χ3v) is 27.1. The van der Waals surface area contributed by atoms with E-state index in [1.54, 1.807) is 46.9 Å². The molecular weight excluding hydrogens is 1880 g/mol. The summed E-state index contributed by atoms with van der Waals surface area (Å²) in [6.07, 6.45) is 15.1. The number of imidazole rings is 2. The Hall–Kier alpha value is -13.1. The van der Waals surface area contributed by atoms with Gasteiger partial charge in [0.05, 0.1) is 46.2 Å². The summed E-state index contributed by atoms with van der Waals surface area (Å²) in [4.78, 5) is 88.4. The SMILES string of the molecule is CCOC(=O)N1CCc2c([nH]c3ccc(Cl)cc23)C1c1cccc(CN2CCN(CCCN(C)C)CC2)c1.COC(=O)N1CCc2c([nH]c3ccc(Cl)cc23)C1c1ccc(OCCCn2ccnc2)cc1.COCCOc1ccc(C2c3[nH]c4ccc(Cl)cc4c3CCN2C(=O)Oc2ccc(F)cc2)cc1.O=C(OCCF)N1CCc2c([nH]c3ccc(Cl)cc23)C1c1ccc(OCCCn2ccnc2)cc1. The molecule has 4 N–H and O–H groups in total. The molecule has 0 aliphatic carbocycles. The molecule has 6 aromatic heterocycles. The van der Waals surface area contributed by atoms with Crippen LogP contribution in [0.4, 0.5) is 28.0 Å². The number of amides is 4. The molecule has 1 fully saturated rings. The average Bonchev–Trinajstić information content (AvgIpc) is 1.62. The molecule has 15 aromatic rings. The summed E-state index contributed by atoms with van der Waals surface area (Å²) in [7, 11) is 7.32. The molecule has 0 spiro atoms. The fourth-order valence-corrected chi connectivity index (χ4v) is 20.2. The lowest BCUT2D eigenvalue weighted by Crippen LogP contribution is -2.46. The van der Waals surface area contributed by atoms with Gasteiger partial charge in [-0.2, -0.15) is 0 Å². The van der Waals surface area contributed by atoms with E-state index in [0.717, 1.165) is 194 Å². The van der Waals surface area contributed by atoms with Crippen molar-refractivity contribution >= 4 is 114 Å². The van der Waals surface area contributed by atoms with Crippen molar-refractivity contribution < 1.29 is 65.9 Å². The second-order valence-electron chi connectivity index (χ2n) is 35.6. The zero-order valence-corrected chi connectivity index (χ0v) is 82.5. The van der Waals surface area contributed by atoms with Crippen LogP contribution in [0.5, 0.6) is 23.0 Å². The van der Waals surface area contributed by atoms with Crippen LogP contribution in [0.25, 0.3) is 43.6 Å². The van der Waals surface area contributed by atoms with E-state index >= 15 is 0 Å². The molecule has 4 unspecified atom stereocenters. The number of methoxy groups -OCH3 is 2. The van der Waals surface area contributed by atoms with Gasteiger partial charge >= 0.3 is 24.4 Å². The number of alkyl halides is 1. The molecule has 5 aliphatic heterocycles. The van der Waals surface area contributed by atoms with Crippen LogP contribution in [-0.2, 0) is 64.3 Å². The zero-order chi connectivity index (χ0) is 98.0. The van der Waals surface area contributed by atoms with Crippen LogP contribution in [0.1, 0.15) is 123 Å². The summed E-state index contributed by atoms with van der Waals surface area (Å²) >= 11 is 25.1. The summed E-state index contributed by atoms with van der Waals surface area (Å²) in [6, 6.07) is 59.4. The maximum absolute atomic E-state index is 13.3. The Kier molecular flexibility index (Phi) is 33.1. The second-order valence-corrected chi connectivity index (χ2v) is 37.3. The van der Waals surface area contributed by atoms with Gasteiger partial charge in [-0.25, -0.2) is 37.9 Å². The number of rotatable bonds is 28. The molecule has 20 rings (SSSR count). The van der Waals surface area contributed by atoms with E-state index in [9.17, 15) is 28.0 Å². The highest BCUT2D eigenvalue weighted by Crippen LogP contribution is 2.46. The molecule has 4 amide bonds.